The van der Waals surface area contributed by atoms with Gasteiger partial charge in [-0.2, -0.15) is 0 Å². The van der Waals surface area contributed by atoms with E-state index in [9.17, 15) is 4.79 Å². The van der Waals surface area contributed by atoms with E-state index in [-0.39, 0.29) is 35.4 Å². The molecule has 1 aliphatic rings. The summed E-state index contributed by atoms with van der Waals surface area (Å²) >= 11 is 0. The molecular formula is C18H29IN4O. The molecular weight excluding hydrogens is 415 g/mol. The average molecular weight is 444 g/mol. The molecule has 24 heavy (non-hydrogen) atoms. The van der Waals surface area contributed by atoms with Crippen molar-refractivity contribution in [2.45, 2.75) is 52.2 Å². The van der Waals surface area contributed by atoms with Gasteiger partial charge in [-0.15, -0.1) is 24.0 Å². The fourth-order valence-electron chi connectivity index (χ4n) is 2.65. The number of carbonyl (C=O) groups is 1. The van der Waals surface area contributed by atoms with Crippen molar-refractivity contribution in [1.29, 1.82) is 0 Å². The van der Waals surface area contributed by atoms with Crippen LogP contribution in [0.3, 0.4) is 0 Å². The van der Waals surface area contributed by atoms with Crippen molar-refractivity contribution in [1.82, 2.24) is 15.5 Å². The quantitative estimate of drug-likeness (QED) is 0.325. The molecule has 1 aromatic carbocycles. The molecule has 0 unspecified atom stereocenters. The molecule has 1 heterocycles. The number of halogens is 1. The largest absolute Gasteiger partial charge is 0.356 e. The van der Waals surface area contributed by atoms with Crippen molar-refractivity contribution in [3.63, 3.8) is 0 Å². The molecule has 6 heteroatoms. The van der Waals surface area contributed by atoms with Gasteiger partial charge in [0.25, 0.3) is 0 Å². The predicted octanol–water partition coefficient (Wildman–Crippen LogP) is 2.89. The van der Waals surface area contributed by atoms with Gasteiger partial charge < -0.3 is 15.5 Å². The monoisotopic (exact) mass is 444 g/mol. The molecule has 134 valence electrons. The number of benzene rings is 1. The average Bonchev–Trinajstić information content (AvgIpc) is 2.93. The molecule has 0 aromatic heterocycles. The second-order valence-electron chi connectivity index (χ2n) is 7.00. The highest BCUT2D eigenvalue weighted by atomic mass is 127. The van der Waals surface area contributed by atoms with Crippen molar-refractivity contribution in [2.75, 3.05) is 13.6 Å². The summed E-state index contributed by atoms with van der Waals surface area (Å²) in [5, 5.41) is 6.56. The minimum Gasteiger partial charge on any atom is -0.356 e. The topological polar surface area (TPSA) is 56.7 Å². The lowest BCUT2D eigenvalue weighted by Gasteiger charge is -2.23. The Bertz CT molecular complexity index is 556. The smallest absolute Gasteiger partial charge is 0.223 e. The minimum absolute atomic E-state index is 0. The molecule has 1 amide bonds. The number of nitrogens with one attached hydrogen (secondary N) is 2. The maximum absolute atomic E-state index is 12.3. The van der Waals surface area contributed by atoms with Crippen molar-refractivity contribution >= 4 is 35.8 Å². The van der Waals surface area contributed by atoms with Crippen LogP contribution in [0.5, 0.6) is 0 Å². The predicted molar refractivity (Wildman–Crippen MR) is 110 cm³/mol. The SMILES string of the molecule is CN=C(NCCCC(=O)N1Cc2ccccc2C1)NC(C)(C)C.I. The highest BCUT2D eigenvalue weighted by molar-refractivity contribution is 14.0. The summed E-state index contributed by atoms with van der Waals surface area (Å²) in [6.07, 6.45) is 1.37. The van der Waals surface area contributed by atoms with E-state index in [4.69, 9.17) is 0 Å². The zero-order chi connectivity index (χ0) is 16.9. The van der Waals surface area contributed by atoms with Crippen LogP contribution in [0.25, 0.3) is 0 Å². The van der Waals surface area contributed by atoms with Crippen LogP contribution < -0.4 is 10.6 Å². The number of amides is 1. The van der Waals surface area contributed by atoms with Crippen molar-refractivity contribution in [3.8, 4) is 0 Å². The van der Waals surface area contributed by atoms with Crippen LogP contribution in [0.4, 0.5) is 0 Å². The number of guanidine groups is 1. The van der Waals surface area contributed by atoms with Crippen LogP contribution in [0.15, 0.2) is 29.3 Å². The Morgan fingerprint density at radius 1 is 1.21 bits per heavy atom. The van der Waals surface area contributed by atoms with E-state index in [1.165, 1.54) is 11.1 Å². The maximum atomic E-state index is 12.3. The summed E-state index contributed by atoms with van der Waals surface area (Å²) in [4.78, 5) is 18.4. The summed E-state index contributed by atoms with van der Waals surface area (Å²) < 4.78 is 0. The second-order valence-corrected chi connectivity index (χ2v) is 7.00. The van der Waals surface area contributed by atoms with Crippen LogP contribution >= 0.6 is 24.0 Å². The van der Waals surface area contributed by atoms with Gasteiger partial charge >= 0.3 is 0 Å². The molecule has 0 saturated heterocycles. The summed E-state index contributed by atoms with van der Waals surface area (Å²) in [5.74, 6) is 1.00. The highest BCUT2D eigenvalue weighted by Gasteiger charge is 2.22. The number of carbonyl (C=O) groups excluding carboxylic acids is 1. The Balaban J connectivity index is 0.00000288. The molecule has 1 aromatic rings. The first-order valence-corrected chi connectivity index (χ1v) is 8.22. The van der Waals surface area contributed by atoms with Crippen molar-refractivity contribution in [2.24, 2.45) is 4.99 Å². The molecule has 1 aliphatic heterocycles. The normalized spacial score (nSPS) is 14.0. The molecule has 0 atom stereocenters. The third-order valence-corrected chi connectivity index (χ3v) is 3.77. The molecule has 2 rings (SSSR count). The van der Waals surface area contributed by atoms with Crippen LogP contribution in [0.1, 0.15) is 44.7 Å². The summed E-state index contributed by atoms with van der Waals surface area (Å²) in [6.45, 7) is 8.50. The lowest BCUT2D eigenvalue weighted by Crippen LogP contribution is -2.47. The number of hydrogen-bond donors (Lipinski definition) is 2. The first-order chi connectivity index (χ1) is 10.9. The molecule has 2 N–H and O–H groups in total. The first-order valence-electron chi connectivity index (χ1n) is 8.22. The van der Waals surface area contributed by atoms with Gasteiger partial charge in [0.2, 0.25) is 5.91 Å². The van der Waals surface area contributed by atoms with E-state index in [1.54, 1.807) is 7.05 Å². The van der Waals surface area contributed by atoms with Gasteiger partial charge in [-0.3, -0.25) is 9.79 Å². The zero-order valence-corrected chi connectivity index (χ0v) is 17.4. The Morgan fingerprint density at radius 3 is 2.29 bits per heavy atom. The Hall–Kier alpha value is -1.31. The lowest BCUT2D eigenvalue weighted by atomic mass is 10.1. The number of hydrogen-bond acceptors (Lipinski definition) is 2. The molecule has 0 saturated carbocycles. The van der Waals surface area contributed by atoms with Gasteiger partial charge in [0.1, 0.15) is 0 Å². The van der Waals surface area contributed by atoms with Crippen LogP contribution in [0.2, 0.25) is 0 Å². The van der Waals surface area contributed by atoms with Crippen molar-refractivity contribution < 1.29 is 4.79 Å². The molecule has 0 radical (unpaired) electrons. The van der Waals surface area contributed by atoms with Gasteiger partial charge in [0, 0.05) is 38.6 Å². The standard InChI is InChI=1S/C18H28N4O.HI/c1-18(2,3)21-17(19-4)20-11-7-10-16(23)22-12-14-8-5-6-9-15(14)13-22;/h5-6,8-9H,7,10-13H2,1-4H3,(H2,19,20,21);1H. The van der Waals surface area contributed by atoms with Crippen molar-refractivity contribution in [3.05, 3.63) is 35.4 Å². The van der Waals surface area contributed by atoms with Crippen LogP contribution in [0, 0.1) is 0 Å². The highest BCUT2D eigenvalue weighted by Crippen LogP contribution is 2.22. The van der Waals surface area contributed by atoms with Gasteiger partial charge in [-0.25, -0.2) is 0 Å². The van der Waals surface area contributed by atoms with Gasteiger partial charge in [-0.1, -0.05) is 24.3 Å². The van der Waals surface area contributed by atoms with Gasteiger partial charge in [0.05, 0.1) is 0 Å². The Kier molecular flexibility index (Phi) is 7.99. The van der Waals surface area contributed by atoms with E-state index in [1.807, 2.05) is 17.0 Å². The number of aliphatic imine (C=N–C) groups is 1. The van der Waals surface area contributed by atoms with Crippen LogP contribution in [-0.2, 0) is 17.9 Å². The summed E-state index contributed by atoms with van der Waals surface area (Å²) in [6, 6.07) is 8.27. The number of nitrogens with zero attached hydrogens (tertiary/aromatic N) is 2. The molecule has 0 aliphatic carbocycles. The maximum Gasteiger partial charge on any atom is 0.223 e. The summed E-state index contributed by atoms with van der Waals surface area (Å²) in [5.41, 5.74) is 2.52. The van der Waals surface area contributed by atoms with Gasteiger partial charge in [-0.05, 0) is 38.3 Å². The minimum atomic E-state index is -0.0288. The van der Waals surface area contributed by atoms with E-state index in [0.29, 0.717) is 6.42 Å². The second kappa shape index (κ2) is 9.25. The number of rotatable bonds is 4. The van der Waals surface area contributed by atoms with Gasteiger partial charge in [0.15, 0.2) is 5.96 Å². The molecule has 0 spiro atoms. The van der Waals surface area contributed by atoms with E-state index in [2.05, 4.69) is 48.5 Å². The lowest BCUT2D eigenvalue weighted by molar-refractivity contribution is -0.131. The van der Waals surface area contributed by atoms with E-state index in [0.717, 1.165) is 32.0 Å². The molecule has 0 fully saturated rings. The van der Waals surface area contributed by atoms with E-state index >= 15 is 0 Å². The molecule has 5 nitrogen and oxygen atoms in total. The van der Waals surface area contributed by atoms with E-state index < -0.39 is 0 Å². The summed E-state index contributed by atoms with van der Waals surface area (Å²) in [7, 11) is 1.76. The molecule has 0 bridgehead atoms. The first kappa shape index (κ1) is 20.7. The Morgan fingerprint density at radius 2 is 1.79 bits per heavy atom. The zero-order valence-electron chi connectivity index (χ0n) is 15.1. The fourth-order valence-corrected chi connectivity index (χ4v) is 2.65. The fraction of sp³-hybridized carbons (Fsp3) is 0.556. The Labute approximate surface area is 162 Å². The third kappa shape index (κ3) is 6.30. The third-order valence-electron chi connectivity index (χ3n) is 3.77. The van der Waals surface area contributed by atoms with Crippen LogP contribution in [-0.4, -0.2) is 35.9 Å². The number of fused-ring (bicyclic) bond motifs is 1.